The number of ether oxygens (including phenoxy) is 1. The highest BCUT2D eigenvalue weighted by Crippen LogP contribution is 2.34. The summed E-state index contributed by atoms with van der Waals surface area (Å²) < 4.78 is 18.1. The summed E-state index contributed by atoms with van der Waals surface area (Å²) in [5.41, 5.74) is 4.19. The number of hydrogen-bond donors (Lipinski definition) is 1. The summed E-state index contributed by atoms with van der Waals surface area (Å²) in [4.78, 5) is 14.6. The van der Waals surface area contributed by atoms with Gasteiger partial charge in [0.1, 0.15) is 11.5 Å². The molecule has 3 rings (SSSR count). The van der Waals surface area contributed by atoms with E-state index in [1.165, 1.54) is 19.2 Å². The van der Waals surface area contributed by atoms with Crippen LogP contribution in [0.1, 0.15) is 33.7 Å². The number of allylic oxidation sites excluding steroid dienone is 1. The van der Waals surface area contributed by atoms with Gasteiger partial charge in [0, 0.05) is 10.7 Å². The Hall–Kier alpha value is -2.07. The highest BCUT2D eigenvalue weighted by molar-refractivity contribution is 6.30. The molecule has 0 fully saturated rings. The average Bonchev–Trinajstić information content (AvgIpc) is 2.99. The number of aryl methyl sites for hydroxylation is 1. The van der Waals surface area contributed by atoms with Gasteiger partial charge < -0.3 is 9.72 Å². The van der Waals surface area contributed by atoms with Gasteiger partial charge in [-0.05, 0) is 53.8 Å². The average molecular weight is 306 g/mol. The topological polar surface area (TPSA) is 42.1 Å². The standard InChI is InChI=1S/C16H13ClFNO2/c1-21-16(20)15-8-13-10(2-3-14(13)19-15)4-9-5-11(17)7-12(18)6-9/h4-8,19H,2-3H2,1H3/b10-4-. The number of nitrogens with one attached hydrogen (secondary N) is 1. The Morgan fingerprint density at radius 1 is 1.33 bits per heavy atom. The number of aromatic amines is 1. The third-order valence-electron chi connectivity index (χ3n) is 3.52. The van der Waals surface area contributed by atoms with E-state index in [2.05, 4.69) is 4.98 Å². The van der Waals surface area contributed by atoms with Gasteiger partial charge in [0.05, 0.1) is 7.11 Å². The minimum atomic E-state index is -0.391. The lowest BCUT2D eigenvalue weighted by atomic mass is 10.1. The lowest BCUT2D eigenvalue weighted by Crippen LogP contribution is -2.01. The summed E-state index contributed by atoms with van der Waals surface area (Å²) in [5, 5.41) is 0.365. The molecule has 0 bridgehead atoms. The number of carbonyl (C=O) groups excluding carboxylic acids is 1. The van der Waals surface area contributed by atoms with Gasteiger partial charge in [0.15, 0.2) is 0 Å². The summed E-state index contributed by atoms with van der Waals surface area (Å²) in [7, 11) is 1.35. The molecule has 1 heterocycles. The Morgan fingerprint density at radius 3 is 2.86 bits per heavy atom. The molecule has 0 unspecified atom stereocenters. The molecular formula is C16H13ClFNO2. The molecule has 1 aliphatic carbocycles. The monoisotopic (exact) mass is 305 g/mol. The fraction of sp³-hybridized carbons (Fsp3) is 0.188. The zero-order valence-corrected chi connectivity index (χ0v) is 12.1. The van der Waals surface area contributed by atoms with Gasteiger partial charge in [-0.25, -0.2) is 9.18 Å². The van der Waals surface area contributed by atoms with Crippen LogP contribution in [0.2, 0.25) is 5.02 Å². The van der Waals surface area contributed by atoms with Crippen LogP contribution in [0, 0.1) is 5.82 Å². The van der Waals surface area contributed by atoms with Gasteiger partial charge in [0.2, 0.25) is 0 Å². The van der Waals surface area contributed by atoms with E-state index in [9.17, 15) is 9.18 Å². The van der Waals surface area contributed by atoms with E-state index in [1.807, 2.05) is 6.08 Å². The highest BCUT2D eigenvalue weighted by Gasteiger charge is 2.22. The van der Waals surface area contributed by atoms with E-state index in [0.717, 1.165) is 29.7 Å². The largest absolute Gasteiger partial charge is 0.464 e. The predicted molar refractivity (Wildman–Crippen MR) is 79.7 cm³/mol. The van der Waals surface area contributed by atoms with Crippen LogP contribution in [0.5, 0.6) is 0 Å². The molecule has 1 aromatic heterocycles. The van der Waals surface area contributed by atoms with E-state index < -0.39 is 5.97 Å². The summed E-state index contributed by atoms with van der Waals surface area (Å²) in [6.45, 7) is 0. The van der Waals surface area contributed by atoms with E-state index in [1.54, 1.807) is 12.1 Å². The maximum Gasteiger partial charge on any atom is 0.354 e. The number of fused-ring (bicyclic) bond motifs is 1. The van der Waals surface area contributed by atoms with E-state index in [4.69, 9.17) is 16.3 Å². The Labute approximate surface area is 126 Å². The second-order valence-corrected chi connectivity index (χ2v) is 5.38. The zero-order chi connectivity index (χ0) is 15.0. The molecule has 0 saturated carbocycles. The SMILES string of the molecule is COC(=O)c1cc2c([nH]1)CC/C2=C/c1cc(F)cc(Cl)c1. The van der Waals surface area contributed by atoms with Crippen molar-refractivity contribution in [1.82, 2.24) is 4.98 Å². The Kier molecular flexibility index (Phi) is 3.55. The van der Waals surface area contributed by atoms with Crippen molar-refractivity contribution in [1.29, 1.82) is 0 Å². The van der Waals surface area contributed by atoms with Crippen LogP contribution in [0.3, 0.4) is 0 Å². The molecule has 0 radical (unpaired) electrons. The molecule has 1 N–H and O–H groups in total. The van der Waals surface area contributed by atoms with Crippen LogP contribution in [-0.4, -0.2) is 18.1 Å². The fourth-order valence-electron chi connectivity index (χ4n) is 2.60. The number of aromatic nitrogens is 1. The zero-order valence-electron chi connectivity index (χ0n) is 11.4. The summed E-state index contributed by atoms with van der Waals surface area (Å²) in [6, 6.07) is 6.20. The summed E-state index contributed by atoms with van der Waals surface area (Å²) in [5.74, 6) is -0.755. The number of halogens is 2. The predicted octanol–water partition coefficient (Wildman–Crippen LogP) is 4.08. The number of benzene rings is 1. The normalized spacial score (nSPS) is 15.3. The number of carbonyl (C=O) groups is 1. The molecule has 0 saturated heterocycles. The van der Waals surface area contributed by atoms with Gasteiger partial charge in [-0.1, -0.05) is 17.7 Å². The number of hydrogen-bond acceptors (Lipinski definition) is 2. The molecule has 21 heavy (non-hydrogen) atoms. The molecule has 108 valence electrons. The molecular weight excluding hydrogens is 293 g/mol. The third kappa shape index (κ3) is 2.72. The summed E-state index contributed by atoms with van der Waals surface area (Å²) >= 11 is 5.86. The van der Waals surface area contributed by atoms with Crippen molar-refractivity contribution in [3.8, 4) is 0 Å². The first kappa shape index (κ1) is 13.9. The Morgan fingerprint density at radius 2 is 2.14 bits per heavy atom. The first-order valence-electron chi connectivity index (χ1n) is 6.54. The van der Waals surface area contributed by atoms with Crippen LogP contribution in [0.15, 0.2) is 24.3 Å². The van der Waals surface area contributed by atoms with Crippen molar-refractivity contribution >= 4 is 29.2 Å². The van der Waals surface area contributed by atoms with Crippen molar-refractivity contribution in [2.24, 2.45) is 0 Å². The molecule has 0 aliphatic heterocycles. The maximum atomic E-state index is 13.4. The quantitative estimate of drug-likeness (QED) is 0.849. The molecule has 2 aromatic rings. The Balaban J connectivity index is 1.98. The molecule has 5 heteroatoms. The first-order valence-corrected chi connectivity index (χ1v) is 6.92. The smallest absolute Gasteiger partial charge is 0.354 e. The number of methoxy groups -OCH3 is 1. The van der Waals surface area contributed by atoms with Crippen LogP contribution < -0.4 is 0 Å². The van der Waals surface area contributed by atoms with Gasteiger partial charge in [0.25, 0.3) is 0 Å². The summed E-state index contributed by atoms with van der Waals surface area (Å²) in [6.07, 6.45) is 3.56. The van der Waals surface area contributed by atoms with Gasteiger partial charge in [-0.3, -0.25) is 0 Å². The fourth-order valence-corrected chi connectivity index (χ4v) is 2.84. The molecule has 0 atom stereocenters. The maximum absolute atomic E-state index is 13.4. The highest BCUT2D eigenvalue weighted by atomic mass is 35.5. The molecule has 0 amide bonds. The first-order chi connectivity index (χ1) is 10.1. The number of H-pyrrole nitrogens is 1. The number of rotatable bonds is 2. The van der Waals surface area contributed by atoms with Crippen molar-refractivity contribution in [3.63, 3.8) is 0 Å². The second-order valence-electron chi connectivity index (χ2n) is 4.94. The number of esters is 1. The molecule has 0 spiro atoms. The van der Waals surface area contributed by atoms with Crippen LogP contribution in [0.4, 0.5) is 4.39 Å². The minimum Gasteiger partial charge on any atom is -0.464 e. The minimum absolute atomic E-state index is 0.364. The van der Waals surface area contributed by atoms with Crippen LogP contribution >= 0.6 is 11.6 Å². The van der Waals surface area contributed by atoms with Gasteiger partial charge in [-0.15, -0.1) is 0 Å². The van der Waals surface area contributed by atoms with Crippen molar-refractivity contribution in [2.45, 2.75) is 12.8 Å². The molecule has 1 aromatic carbocycles. The molecule has 1 aliphatic rings. The Bertz CT molecular complexity index is 728. The third-order valence-corrected chi connectivity index (χ3v) is 3.74. The lowest BCUT2D eigenvalue weighted by Gasteiger charge is -2.00. The molecule has 3 nitrogen and oxygen atoms in total. The second kappa shape index (κ2) is 5.37. The van der Waals surface area contributed by atoms with Crippen molar-refractivity contribution < 1.29 is 13.9 Å². The van der Waals surface area contributed by atoms with E-state index in [0.29, 0.717) is 16.3 Å². The lowest BCUT2D eigenvalue weighted by molar-refractivity contribution is 0.0594. The van der Waals surface area contributed by atoms with E-state index >= 15 is 0 Å². The van der Waals surface area contributed by atoms with E-state index in [-0.39, 0.29) is 5.82 Å². The van der Waals surface area contributed by atoms with Gasteiger partial charge >= 0.3 is 5.97 Å². The van der Waals surface area contributed by atoms with Gasteiger partial charge in [-0.2, -0.15) is 0 Å². The van der Waals surface area contributed by atoms with Crippen LogP contribution in [-0.2, 0) is 11.2 Å². The van der Waals surface area contributed by atoms with Crippen molar-refractivity contribution in [3.05, 3.63) is 57.6 Å². The van der Waals surface area contributed by atoms with Crippen molar-refractivity contribution in [2.75, 3.05) is 7.11 Å². The van der Waals surface area contributed by atoms with Crippen LogP contribution in [0.25, 0.3) is 11.6 Å².